The van der Waals surface area contributed by atoms with Crippen molar-refractivity contribution in [1.29, 1.82) is 0 Å². The summed E-state index contributed by atoms with van der Waals surface area (Å²) in [5, 5.41) is 0. The van der Waals surface area contributed by atoms with Crippen LogP contribution in [0.2, 0.25) is 0 Å². The van der Waals surface area contributed by atoms with Gasteiger partial charge < -0.3 is 4.74 Å². The van der Waals surface area contributed by atoms with Gasteiger partial charge in [0.05, 0.1) is 6.61 Å². The molecule has 0 bridgehead atoms. The molecule has 0 spiro atoms. The Hall–Kier alpha value is -1.12. The molecule has 0 saturated heterocycles. The van der Waals surface area contributed by atoms with Crippen molar-refractivity contribution in [3.05, 3.63) is 29.3 Å². The van der Waals surface area contributed by atoms with Gasteiger partial charge in [-0.1, -0.05) is 51.5 Å². The molecular formula is C23H34F2O. The maximum absolute atomic E-state index is 14.9. The van der Waals surface area contributed by atoms with E-state index in [1.165, 1.54) is 44.9 Å². The highest BCUT2D eigenvalue weighted by Gasteiger charge is 2.40. The molecule has 0 unspecified atom stereocenters. The first-order chi connectivity index (χ1) is 12.6. The molecule has 3 heteroatoms. The predicted molar refractivity (Wildman–Crippen MR) is 103 cm³/mol. The summed E-state index contributed by atoms with van der Waals surface area (Å²) in [6.07, 6.45) is 13.1. The van der Waals surface area contributed by atoms with Crippen molar-refractivity contribution in [2.45, 2.75) is 89.9 Å². The van der Waals surface area contributed by atoms with E-state index in [4.69, 9.17) is 4.74 Å². The molecule has 3 rings (SSSR count). The van der Waals surface area contributed by atoms with Gasteiger partial charge in [-0.2, -0.15) is 4.39 Å². The lowest BCUT2D eigenvalue weighted by molar-refractivity contribution is 0.139. The monoisotopic (exact) mass is 364 g/mol. The van der Waals surface area contributed by atoms with Gasteiger partial charge in [0.15, 0.2) is 11.6 Å². The number of hydrogen-bond donors (Lipinski definition) is 0. The molecule has 1 aromatic carbocycles. The third-order valence-electron chi connectivity index (χ3n) is 6.95. The zero-order valence-electron chi connectivity index (χ0n) is 16.5. The molecule has 0 heterocycles. The summed E-state index contributed by atoms with van der Waals surface area (Å²) in [5.74, 6) is 0.201. The summed E-state index contributed by atoms with van der Waals surface area (Å²) in [4.78, 5) is 0. The second kappa shape index (κ2) is 8.71. The number of halogens is 2. The van der Waals surface area contributed by atoms with Crippen LogP contribution in [0.25, 0.3) is 0 Å². The van der Waals surface area contributed by atoms with Gasteiger partial charge in [-0.05, 0) is 67.9 Å². The largest absolute Gasteiger partial charge is 0.491 e. The van der Waals surface area contributed by atoms with E-state index >= 15 is 0 Å². The number of rotatable bonds is 6. The molecule has 0 atom stereocenters. The van der Waals surface area contributed by atoms with E-state index in [0.717, 1.165) is 37.5 Å². The van der Waals surface area contributed by atoms with Crippen molar-refractivity contribution < 1.29 is 13.5 Å². The summed E-state index contributed by atoms with van der Waals surface area (Å²) < 4.78 is 34.7. The first kappa shape index (κ1) is 19.6. The maximum atomic E-state index is 14.9. The van der Waals surface area contributed by atoms with Crippen LogP contribution in [-0.2, 0) is 5.41 Å². The van der Waals surface area contributed by atoms with E-state index < -0.39 is 11.6 Å². The molecule has 2 aliphatic carbocycles. The van der Waals surface area contributed by atoms with Crippen molar-refractivity contribution in [2.24, 2.45) is 11.8 Å². The lowest BCUT2D eigenvalue weighted by atomic mass is 9.61. The average Bonchev–Trinajstić information content (AvgIpc) is 2.67. The van der Waals surface area contributed by atoms with E-state index in [-0.39, 0.29) is 11.2 Å². The molecular weight excluding hydrogens is 330 g/mol. The van der Waals surface area contributed by atoms with Crippen molar-refractivity contribution in [3.63, 3.8) is 0 Å². The van der Waals surface area contributed by atoms with E-state index in [2.05, 4.69) is 6.92 Å². The Morgan fingerprint density at radius 3 is 2.19 bits per heavy atom. The summed E-state index contributed by atoms with van der Waals surface area (Å²) >= 11 is 0. The van der Waals surface area contributed by atoms with E-state index in [9.17, 15) is 8.78 Å². The van der Waals surface area contributed by atoms with Gasteiger partial charge >= 0.3 is 0 Å². The molecule has 2 aliphatic rings. The Labute approximate surface area is 157 Å². The molecule has 1 aromatic rings. The van der Waals surface area contributed by atoms with Crippen molar-refractivity contribution in [3.8, 4) is 5.75 Å². The molecule has 0 amide bonds. The zero-order valence-corrected chi connectivity index (χ0v) is 16.5. The second-order valence-corrected chi connectivity index (χ2v) is 8.44. The van der Waals surface area contributed by atoms with Gasteiger partial charge in [0.1, 0.15) is 0 Å². The molecule has 0 radical (unpaired) electrons. The van der Waals surface area contributed by atoms with Crippen LogP contribution in [0.1, 0.15) is 90.0 Å². The minimum atomic E-state index is -0.811. The second-order valence-electron chi connectivity index (χ2n) is 8.44. The molecule has 26 heavy (non-hydrogen) atoms. The fourth-order valence-electron chi connectivity index (χ4n) is 5.61. The van der Waals surface area contributed by atoms with Crippen LogP contribution < -0.4 is 4.74 Å². The highest BCUT2D eigenvalue weighted by molar-refractivity contribution is 5.36. The average molecular weight is 365 g/mol. The highest BCUT2D eigenvalue weighted by atomic mass is 19.2. The van der Waals surface area contributed by atoms with E-state index in [1.807, 2.05) is 0 Å². The Balaban J connectivity index is 1.80. The molecule has 2 saturated carbocycles. The van der Waals surface area contributed by atoms with Crippen molar-refractivity contribution >= 4 is 0 Å². The van der Waals surface area contributed by atoms with Crippen LogP contribution in [0, 0.1) is 23.5 Å². The minimum absolute atomic E-state index is 0.0382. The van der Waals surface area contributed by atoms with Crippen molar-refractivity contribution in [1.82, 2.24) is 0 Å². The number of ether oxygens (including phenoxy) is 1. The van der Waals surface area contributed by atoms with Crippen LogP contribution in [0.15, 0.2) is 12.1 Å². The standard InChI is InChI=1S/C23H34F2O/c1-3-14-23(19-10-11-20(26-4-2)22(25)21(19)24)15-12-18(13-16-23)17-8-6-5-7-9-17/h10-11,17-18H,3-9,12-16H2,1-2H3. The molecule has 0 aliphatic heterocycles. The van der Waals surface area contributed by atoms with Crippen LogP contribution in [0.5, 0.6) is 5.75 Å². The first-order valence-corrected chi connectivity index (χ1v) is 10.7. The predicted octanol–water partition coefficient (Wildman–Crippen LogP) is 7.17. The Bertz CT molecular complexity index is 584. The molecule has 146 valence electrons. The Kier molecular flexibility index (Phi) is 6.58. The zero-order chi connectivity index (χ0) is 18.6. The van der Waals surface area contributed by atoms with Gasteiger partial charge in [0.25, 0.3) is 0 Å². The normalized spacial score (nSPS) is 27.5. The lowest BCUT2D eigenvalue weighted by Gasteiger charge is -2.44. The lowest BCUT2D eigenvalue weighted by Crippen LogP contribution is -2.35. The van der Waals surface area contributed by atoms with Crippen LogP contribution in [0.4, 0.5) is 8.78 Å². The summed E-state index contributed by atoms with van der Waals surface area (Å²) in [5.41, 5.74) is 0.387. The van der Waals surface area contributed by atoms with Gasteiger partial charge in [-0.3, -0.25) is 0 Å². The van der Waals surface area contributed by atoms with Crippen LogP contribution in [0.3, 0.4) is 0 Å². The third kappa shape index (κ3) is 3.92. The highest BCUT2D eigenvalue weighted by Crippen LogP contribution is 2.49. The number of benzene rings is 1. The fourth-order valence-corrected chi connectivity index (χ4v) is 5.61. The SMILES string of the molecule is CCCC1(c2ccc(OCC)c(F)c2F)CCC(C2CCCCC2)CC1. The third-order valence-corrected chi connectivity index (χ3v) is 6.95. The summed E-state index contributed by atoms with van der Waals surface area (Å²) in [6, 6.07) is 3.42. The number of hydrogen-bond acceptors (Lipinski definition) is 1. The molecule has 1 nitrogen and oxygen atoms in total. The van der Waals surface area contributed by atoms with Gasteiger partial charge in [0.2, 0.25) is 5.82 Å². The quantitative estimate of drug-likeness (QED) is 0.520. The van der Waals surface area contributed by atoms with Gasteiger partial charge in [-0.25, -0.2) is 4.39 Å². The van der Waals surface area contributed by atoms with Gasteiger partial charge in [0, 0.05) is 0 Å². The minimum Gasteiger partial charge on any atom is -0.491 e. The summed E-state index contributed by atoms with van der Waals surface area (Å²) in [7, 11) is 0. The topological polar surface area (TPSA) is 9.23 Å². The molecule has 2 fully saturated rings. The smallest absolute Gasteiger partial charge is 0.200 e. The van der Waals surface area contributed by atoms with Crippen LogP contribution >= 0.6 is 0 Å². The maximum Gasteiger partial charge on any atom is 0.200 e. The summed E-state index contributed by atoms with van der Waals surface area (Å²) in [6.45, 7) is 4.28. The van der Waals surface area contributed by atoms with Gasteiger partial charge in [-0.15, -0.1) is 0 Å². The Morgan fingerprint density at radius 1 is 0.923 bits per heavy atom. The van der Waals surface area contributed by atoms with E-state index in [1.54, 1.807) is 19.1 Å². The Morgan fingerprint density at radius 2 is 1.58 bits per heavy atom. The van der Waals surface area contributed by atoms with Crippen LogP contribution in [-0.4, -0.2) is 6.61 Å². The van der Waals surface area contributed by atoms with E-state index in [0.29, 0.717) is 12.2 Å². The first-order valence-electron chi connectivity index (χ1n) is 10.7. The van der Waals surface area contributed by atoms with Crippen molar-refractivity contribution in [2.75, 3.05) is 6.61 Å². The fraction of sp³-hybridized carbons (Fsp3) is 0.739. The molecule has 0 aromatic heterocycles. The molecule has 0 N–H and O–H groups in total.